The van der Waals surface area contributed by atoms with Gasteiger partial charge < -0.3 is 42.5 Å². The Morgan fingerprint density at radius 3 is 0.300 bits per heavy atom. The Labute approximate surface area is 241 Å². The normalized spacial score (nSPS) is 57.6. The Morgan fingerprint density at radius 2 is 0.225 bits per heavy atom. The molecule has 0 saturated carbocycles. The molecule has 8 N–H and O–H groups in total. The maximum atomic E-state index is 4.15. The van der Waals surface area contributed by atoms with Gasteiger partial charge in [-0.15, -0.1) is 0 Å². The molecule has 16 unspecified atom stereocenters. The summed E-state index contributed by atoms with van der Waals surface area (Å²) >= 11 is 0. The van der Waals surface area contributed by atoms with E-state index >= 15 is 0 Å². The number of fused-ring (bicyclic) bond motifs is 24. The average molecular weight is 553 g/mol. The second kappa shape index (κ2) is 10.7. The molecule has 0 aromatic rings. The van der Waals surface area contributed by atoms with E-state index in [1.807, 2.05) is 0 Å². The summed E-state index contributed by atoms with van der Waals surface area (Å²) in [5.41, 5.74) is 0. The van der Waals surface area contributed by atoms with Crippen molar-refractivity contribution in [3.8, 4) is 0 Å². The van der Waals surface area contributed by atoms with E-state index < -0.39 is 0 Å². The highest BCUT2D eigenvalue weighted by Crippen LogP contribution is 2.35. The molecule has 8 nitrogen and oxygen atoms in total. The van der Waals surface area contributed by atoms with Crippen LogP contribution >= 0.6 is 0 Å². The Bertz CT molecular complexity index is 637. The summed E-state index contributed by atoms with van der Waals surface area (Å²) in [7, 11) is 0. The second-order valence-corrected chi connectivity index (χ2v) is 15.7. The summed E-state index contributed by atoms with van der Waals surface area (Å²) < 4.78 is 0. The fourth-order valence-electron chi connectivity index (χ4n) is 11.5. The first-order valence-electron chi connectivity index (χ1n) is 17.8. The van der Waals surface area contributed by atoms with Gasteiger partial charge >= 0.3 is 0 Å². The van der Waals surface area contributed by atoms with Crippen molar-refractivity contribution in [2.75, 3.05) is 0 Å². The van der Waals surface area contributed by atoms with Crippen molar-refractivity contribution in [1.82, 2.24) is 42.5 Å². The van der Waals surface area contributed by atoms with Crippen LogP contribution in [0.25, 0.3) is 0 Å². The summed E-state index contributed by atoms with van der Waals surface area (Å²) in [4.78, 5) is 0. The van der Waals surface area contributed by atoms with Gasteiger partial charge in [0.2, 0.25) is 0 Å². The minimum Gasteiger partial charge on any atom is -0.308 e. The highest BCUT2D eigenvalue weighted by atomic mass is 15.2. The summed E-state index contributed by atoms with van der Waals surface area (Å²) in [6.07, 6.45) is 21.6. The number of rotatable bonds is 0. The Morgan fingerprint density at radius 1 is 0.150 bits per heavy atom. The lowest BCUT2D eigenvalue weighted by Gasteiger charge is -2.29. The van der Waals surface area contributed by atoms with E-state index in [1.54, 1.807) is 0 Å². The van der Waals surface area contributed by atoms with Crippen molar-refractivity contribution in [1.29, 1.82) is 0 Å². The molecule has 16 bridgehead atoms. The first kappa shape index (κ1) is 26.1. The number of nitrogens with one attached hydrogen (secondary N) is 8. The van der Waals surface area contributed by atoms with Crippen LogP contribution in [-0.4, -0.2) is 96.7 Å². The zero-order valence-electron chi connectivity index (χ0n) is 24.6. The molecule has 16 atom stereocenters. The largest absolute Gasteiger partial charge is 0.308 e. The molecule has 9 heterocycles. The SMILES string of the molecule is C1CC2NC1C1CCC(N1)C1CCC(N1)C1CCC(N1)C1CCC(N1)C1CCC(N1)C1CCC(N1)C1CCC2N1. The van der Waals surface area contributed by atoms with Gasteiger partial charge in [-0.2, -0.15) is 0 Å². The van der Waals surface area contributed by atoms with Gasteiger partial charge in [0.25, 0.3) is 0 Å². The summed E-state index contributed by atoms with van der Waals surface area (Å²) in [5, 5.41) is 33.2. The molecule has 9 aliphatic heterocycles. The predicted molar refractivity (Wildman–Crippen MR) is 160 cm³/mol. The molecular formula is C32H56N8. The molecule has 9 aliphatic rings. The first-order chi connectivity index (χ1) is 19.7. The van der Waals surface area contributed by atoms with Gasteiger partial charge in [0.1, 0.15) is 0 Å². The smallest absolute Gasteiger partial charge is 0.0225 e. The topological polar surface area (TPSA) is 96.2 Å². The van der Waals surface area contributed by atoms with E-state index in [0.29, 0.717) is 96.7 Å². The van der Waals surface area contributed by atoms with E-state index in [-0.39, 0.29) is 0 Å². The molecule has 40 heavy (non-hydrogen) atoms. The molecule has 224 valence electrons. The zero-order valence-corrected chi connectivity index (χ0v) is 24.6. The molecule has 0 aromatic carbocycles. The summed E-state index contributed by atoms with van der Waals surface area (Å²) in [5.74, 6) is 0. The quantitative estimate of drug-likeness (QED) is 0.211. The molecule has 0 radical (unpaired) electrons. The summed E-state index contributed by atoms with van der Waals surface area (Å²) in [6.45, 7) is 0. The van der Waals surface area contributed by atoms with Crippen LogP contribution in [0.2, 0.25) is 0 Å². The van der Waals surface area contributed by atoms with E-state index in [9.17, 15) is 0 Å². The van der Waals surface area contributed by atoms with Gasteiger partial charge in [-0.3, -0.25) is 0 Å². The third kappa shape index (κ3) is 4.72. The molecule has 9 rings (SSSR count). The van der Waals surface area contributed by atoms with Crippen molar-refractivity contribution >= 4 is 0 Å². The minimum absolute atomic E-state index is 0.661. The third-order valence-electron chi connectivity index (χ3n) is 13.6. The van der Waals surface area contributed by atoms with Crippen molar-refractivity contribution in [2.45, 2.75) is 199 Å². The maximum Gasteiger partial charge on any atom is 0.0225 e. The van der Waals surface area contributed by atoms with Crippen molar-refractivity contribution in [3.05, 3.63) is 0 Å². The van der Waals surface area contributed by atoms with E-state index in [0.717, 1.165) is 0 Å². The van der Waals surface area contributed by atoms with Crippen molar-refractivity contribution < 1.29 is 0 Å². The zero-order chi connectivity index (χ0) is 26.2. The molecule has 8 heteroatoms. The Hall–Kier alpha value is -0.320. The second-order valence-electron chi connectivity index (χ2n) is 15.7. The van der Waals surface area contributed by atoms with Crippen LogP contribution in [0.1, 0.15) is 103 Å². The van der Waals surface area contributed by atoms with Gasteiger partial charge in [0.15, 0.2) is 0 Å². The lowest BCUT2D eigenvalue weighted by atomic mass is 10.0. The van der Waals surface area contributed by atoms with Gasteiger partial charge in [-0.05, 0) is 103 Å². The number of hydrogen-bond donors (Lipinski definition) is 8. The van der Waals surface area contributed by atoms with Crippen LogP contribution in [0.3, 0.4) is 0 Å². The minimum atomic E-state index is 0.661. The van der Waals surface area contributed by atoms with E-state index in [1.165, 1.54) is 103 Å². The van der Waals surface area contributed by atoms with E-state index in [4.69, 9.17) is 0 Å². The highest BCUT2D eigenvalue weighted by molar-refractivity contribution is 5.10. The maximum absolute atomic E-state index is 4.15. The van der Waals surface area contributed by atoms with Crippen LogP contribution in [-0.2, 0) is 0 Å². The monoisotopic (exact) mass is 552 g/mol. The lowest BCUT2D eigenvalue weighted by molar-refractivity contribution is 0.332. The standard InChI is InChI=1S/C32H56N8/c1-2-18-20-5-6-23(35-20)24-9-10-27(37-24)28-13-14-31(39-28)32-16-15-30(40-32)29-12-11-26(38-29)25-8-7-22(36-25)21-4-3-19(34-21)17(1)33-18/h17-40H,1-16H2. The van der Waals surface area contributed by atoms with Crippen molar-refractivity contribution in [2.24, 2.45) is 0 Å². The molecular weight excluding hydrogens is 496 g/mol. The first-order valence-corrected chi connectivity index (χ1v) is 17.8. The fraction of sp³-hybridized carbons (Fsp3) is 1.00. The van der Waals surface area contributed by atoms with E-state index in [2.05, 4.69) is 42.5 Å². The predicted octanol–water partition coefficient (Wildman–Crippen LogP) is 0.965. The average Bonchev–Trinajstić information content (AvgIpc) is 3.84. The van der Waals surface area contributed by atoms with Crippen LogP contribution in [0.15, 0.2) is 0 Å². The fourth-order valence-corrected chi connectivity index (χ4v) is 11.5. The van der Waals surface area contributed by atoms with Gasteiger partial charge in [-0.1, -0.05) is 0 Å². The Kier molecular flexibility index (Phi) is 6.98. The third-order valence-corrected chi connectivity index (χ3v) is 13.6. The van der Waals surface area contributed by atoms with Crippen LogP contribution in [0, 0.1) is 0 Å². The lowest BCUT2D eigenvalue weighted by Crippen LogP contribution is -2.56. The number of hydrogen-bond acceptors (Lipinski definition) is 8. The van der Waals surface area contributed by atoms with Crippen LogP contribution < -0.4 is 42.5 Å². The van der Waals surface area contributed by atoms with Gasteiger partial charge in [0.05, 0.1) is 0 Å². The van der Waals surface area contributed by atoms with Crippen molar-refractivity contribution in [3.63, 3.8) is 0 Å². The molecule has 9 fully saturated rings. The highest BCUT2D eigenvalue weighted by Gasteiger charge is 2.47. The summed E-state index contributed by atoms with van der Waals surface area (Å²) in [6, 6.07) is 10.6. The molecule has 0 aromatic heterocycles. The molecule has 0 aliphatic carbocycles. The van der Waals surface area contributed by atoms with Gasteiger partial charge in [0, 0.05) is 96.7 Å². The molecule has 9 saturated heterocycles. The molecule has 0 amide bonds. The van der Waals surface area contributed by atoms with Gasteiger partial charge in [-0.25, -0.2) is 0 Å². The van der Waals surface area contributed by atoms with Crippen LogP contribution in [0.5, 0.6) is 0 Å². The molecule has 0 spiro atoms. The Balaban J connectivity index is 0.906. The van der Waals surface area contributed by atoms with Crippen LogP contribution in [0.4, 0.5) is 0 Å².